The number of imide groups is 1. The van der Waals surface area contributed by atoms with Gasteiger partial charge in [-0.15, -0.1) is 0 Å². The molecular formula is C14H23NO4. The molecule has 5 nitrogen and oxygen atoms in total. The molecule has 1 saturated heterocycles. The standard InChI is InChI=1S/C14H23NO4/c1-3-4-5-6-7-8-9-10-12(16)15-11(2)13(17)19-14(15)18/h11H,3-10H2,1-2H3. The van der Waals surface area contributed by atoms with Crippen LogP contribution in [-0.4, -0.2) is 28.9 Å². The van der Waals surface area contributed by atoms with E-state index in [0.29, 0.717) is 6.42 Å². The van der Waals surface area contributed by atoms with Gasteiger partial charge in [0.05, 0.1) is 0 Å². The summed E-state index contributed by atoms with van der Waals surface area (Å²) in [4.78, 5) is 35.2. The maximum absolute atomic E-state index is 11.8. The van der Waals surface area contributed by atoms with Crippen molar-refractivity contribution in [3.8, 4) is 0 Å². The molecule has 0 aromatic rings. The summed E-state index contributed by atoms with van der Waals surface area (Å²) >= 11 is 0. The predicted octanol–water partition coefficient (Wildman–Crippen LogP) is 3.02. The highest BCUT2D eigenvalue weighted by Gasteiger charge is 2.41. The summed E-state index contributed by atoms with van der Waals surface area (Å²) in [5.74, 6) is -0.949. The molecule has 108 valence electrons. The van der Waals surface area contributed by atoms with Crippen LogP contribution < -0.4 is 0 Å². The maximum Gasteiger partial charge on any atom is 0.425 e. The van der Waals surface area contributed by atoms with Crippen LogP contribution in [0.4, 0.5) is 4.79 Å². The Morgan fingerprint density at radius 1 is 1.11 bits per heavy atom. The molecular weight excluding hydrogens is 246 g/mol. The fourth-order valence-electron chi connectivity index (χ4n) is 2.16. The van der Waals surface area contributed by atoms with E-state index in [1.807, 2.05) is 0 Å². The van der Waals surface area contributed by atoms with Crippen molar-refractivity contribution in [3.05, 3.63) is 0 Å². The molecule has 1 aliphatic rings. The normalized spacial score (nSPS) is 18.8. The quantitative estimate of drug-likeness (QED) is 0.386. The average Bonchev–Trinajstić information content (AvgIpc) is 2.62. The average molecular weight is 269 g/mol. The number of ether oxygens (including phenoxy) is 1. The molecule has 1 fully saturated rings. The van der Waals surface area contributed by atoms with Crippen molar-refractivity contribution >= 4 is 18.0 Å². The summed E-state index contributed by atoms with van der Waals surface area (Å²) in [6, 6.07) is -0.774. The van der Waals surface area contributed by atoms with Crippen LogP contribution in [0, 0.1) is 0 Å². The Bertz CT molecular complexity index is 340. The Morgan fingerprint density at radius 2 is 1.68 bits per heavy atom. The molecule has 0 aromatic carbocycles. The number of hydrogen-bond acceptors (Lipinski definition) is 4. The van der Waals surface area contributed by atoms with E-state index in [9.17, 15) is 14.4 Å². The molecule has 1 aliphatic heterocycles. The summed E-state index contributed by atoms with van der Waals surface area (Å²) < 4.78 is 4.41. The second kappa shape index (κ2) is 7.92. The third-order valence-electron chi connectivity index (χ3n) is 3.38. The van der Waals surface area contributed by atoms with Crippen molar-refractivity contribution in [2.24, 2.45) is 0 Å². The summed E-state index contributed by atoms with van der Waals surface area (Å²) in [5.41, 5.74) is 0. The van der Waals surface area contributed by atoms with Gasteiger partial charge in [-0.3, -0.25) is 4.79 Å². The third-order valence-corrected chi connectivity index (χ3v) is 3.38. The summed E-state index contributed by atoms with van der Waals surface area (Å²) in [5, 5.41) is 0. The molecule has 1 unspecified atom stereocenters. The highest BCUT2D eigenvalue weighted by molar-refractivity contribution is 6.05. The van der Waals surface area contributed by atoms with Crippen LogP contribution in [0.5, 0.6) is 0 Å². The smallest absolute Gasteiger partial charge is 0.374 e. The van der Waals surface area contributed by atoms with Crippen LogP contribution in [0.2, 0.25) is 0 Å². The maximum atomic E-state index is 11.8. The fraction of sp³-hybridized carbons (Fsp3) is 0.786. The van der Waals surface area contributed by atoms with Crippen molar-refractivity contribution in [2.45, 2.75) is 71.3 Å². The number of carbonyl (C=O) groups excluding carboxylic acids is 3. The SMILES string of the molecule is CCCCCCCCCC(=O)N1C(=O)OC(=O)C1C. The van der Waals surface area contributed by atoms with Gasteiger partial charge in [-0.05, 0) is 13.3 Å². The monoisotopic (exact) mass is 269 g/mol. The molecule has 0 aromatic heterocycles. The largest absolute Gasteiger partial charge is 0.425 e. The molecule has 5 heteroatoms. The van der Waals surface area contributed by atoms with Crippen molar-refractivity contribution in [1.29, 1.82) is 0 Å². The van der Waals surface area contributed by atoms with Crippen LogP contribution in [0.3, 0.4) is 0 Å². The zero-order valence-corrected chi connectivity index (χ0v) is 11.8. The number of hydrogen-bond donors (Lipinski definition) is 0. The second-order valence-electron chi connectivity index (χ2n) is 5.00. The summed E-state index contributed by atoms with van der Waals surface area (Å²) in [7, 11) is 0. The van der Waals surface area contributed by atoms with E-state index < -0.39 is 18.1 Å². The number of rotatable bonds is 8. The van der Waals surface area contributed by atoms with Crippen molar-refractivity contribution in [1.82, 2.24) is 4.90 Å². The topological polar surface area (TPSA) is 63.7 Å². The van der Waals surface area contributed by atoms with E-state index >= 15 is 0 Å². The van der Waals surface area contributed by atoms with Gasteiger partial charge >= 0.3 is 12.1 Å². The van der Waals surface area contributed by atoms with Gasteiger partial charge in [0.1, 0.15) is 6.04 Å². The van der Waals surface area contributed by atoms with Crippen LogP contribution in [0.15, 0.2) is 0 Å². The first kappa shape index (κ1) is 15.7. The lowest BCUT2D eigenvalue weighted by Gasteiger charge is -2.14. The number of amides is 2. The van der Waals surface area contributed by atoms with Crippen LogP contribution >= 0.6 is 0 Å². The Morgan fingerprint density at radius 3 is 2.21 bits per heavy atom. The molecule has 1 rings (SSSR count). The molecule has 0 aliphatic carbocycles. The zero-order valence-electron chi connectivity index (χ0n) is 11.8. The molecule has 0 bridgehead atoms. The first-order chi connectivity index (χ1) is 9.07. The minimum Gasteiger partial charge on any atom is -0.374 e. The summed E-state index contributed by atoms with van der Waals surface area (Å²) in [6.45, 7) is 3.69. The van der Waals surface area contributed by atoms with Crippen molar-refractivity contribution < 1.29 is 19.1 Å². The lowest BCUT2D eigenvalue weighted by Crippen LogP contribution is -2.38. The second-order valence-corrected chi connectivity index (χ2v) is 5.00. The molecule has 0 N–H and O–H groups in total. The van der Waals surface area contributed by atoms with Crippen LogP contribution in [0.25, 0.3) is 0 Å². The highest BCUT2D eigenvalue weighted by atomic mass is 16.6. The van der Waals surface area contributed by atoms with Gasteiger partial charge in [-0.1, -0.05) is 45.4 Å². The molecule has 0 saturated carbocycles. The first-order valence-corrected chi connectivity index (χ1v) is 7.15. The van der Waals surface area contributed by atoms with E-state index in [-0.39, 0.29) is 5.91 Å². The first-order valence-electron chi connectivity index (χ1n) is 7.15. The van der Waals surface area contributed by atoms with E-state index in [0.717, 1.165) is 24.2 Å². The summed E-state index contributed by atoms with van der Waals surface area (Å²) in [6.07, 6.45) is 7.27. The molecule has 19 heavy (non-hydrogen) atoms. The Balaban J connectivity index is 2.17. The van der Waals surface area contributed by atoms with Crippen LogP contribution in [-0.2, 0) is 14.3 Å². The molecule has 0 radical (unpaired) electrons. The van der Waals surface area contributed by atoms with Gasteiger partial charge in [0.2, 0.25) is 5.91 Å². The molecule has 2 amide bonds. The van der Waals surface area contributed by atoms with Gasteiger partial charge in [0.25, 0.3) is 0 Å². The lowest BCUT2D eigenvalue weighted by atomic mass is 10.1. The van der Waals surface area contributed by atoms with Gasteiger partial charge in [-0.25, -0.2) is 14.5 Å². The van der Waals surface area contributed by atoms with Gasteiger partial charge in [0, 0.05) is 6.42 Å². The minimum atomic E-state index is -0.828. The third kappa shape index (κ3) is 4.65. The number of unbranched alkanes of at least 4 members (excludes halogenated alkanes) is 6. The Kier molecular flexibility index (Phi) is 6.53. The fourth-order valence-corrected chi connectivity index (χ4v) is 2.16. The minimum absolute atomic E-state index is 0.306. The Labute approximate surface area is 114 Å². The lowest BCUT2D eigenvalue weighted by molar-refractivity contribution is -0.137. The molecule has 1 atom stereocenters. The molecule has 1 heterocycles. The number of esters is 1. The number of cyclic esters (lactones) is 2. The van der Waals surface area contributed by atoms with Crippen molar-refractivity contribution in [2.75, 3.05) is 0 Å². The van der Waals surface area contributed by atoms with E-state index in [4.69, 9.17) is 0 Å². The zero-order chi connectivity index (χ0) is 14.3. The van der Waals surface area contributed by atoms with E-state index in [1.165, 1.54) is 32.6 Å². The van der Waals surface area contributed by atoms with Gasteiger partial charge < -0.3 is 4.74 Å². The number of nitrogens with zero attached hydrogens (tertiary/aromatic N) is 1. The van der Waals surface area contributed by atoms with E-state index in [1.54, 1.807) is 0 Å². The highest BCUT2D eigenvalue weighted by Crippen LogP contribution is 2.16. The number of carbonyl (C=O) groups is 3. The van der Waals surface area contributed by atoms with Crippen molar-refractivity contribution in [3.63, 3.8) is 0 Å². The van der Waals surface area contributed by atoms with Crippen LogP contribution in [0.1, 0.15) is 65.2 Å². The molecule has 0 spiro atoms. The van der Waals surface area contributed by atoms with Gasteiger partial charge in [-0.2, -0.15) is 0 Å². The van der Waals surface area contributed by atoms with Gasteiger partial charge in [0.15, 0.2) is 0 Å². The Hall–Kier alpha value is -1.39. The van der Waals surface area contributed by atoms with E-state index in [2.05, 4.69) is 11.7 Å². The predicted molar refractivity (Wildman–Crippen MR) is 70.4 cm³/mol.